The molecule has 0 unspecified atom stereocenters. The van der Waals surface area contributed by atoms with Gasteiger partial charge in [0, 0.05) is 20.2 Å². The van der Waals surface area contributed by atoms with E-state index in [1.807, 2.05) is 67.6 Å². The molecule has 0 aromatic heterocycles. The Bertz CT molecular complexity index is 987. The zero-order valence-electron chi connectivity index (χ0n) is 14.8. The van der Waals surface area contributed by atoms with Crippen LogP contribution in [-0.2, 0) is 23.1 Å². The van der Waals surface area contributed by atoms with E-state index in [4.69, 9.17) is 0 Å². The van der Waals surface area contributed by atoms with E-state index in [0.717, 1.165) is 23.8 Å². The highest BCUT2D eigenvalue weighted by Crippen LogP contribution is 2.25. The van der Waals surface area contributed by atoms with E-state index < -0.39 is 10.0 Å². The first kappa shape index (κ1) is 20.8. The number of halogens is 2. The average molecular weight is 603 g/mol. The van der Waals surface area contributed by atoms with Gasteiger partial charge in [0.05, 0.1) is 4.90 Å². The summed E-state index contributed by atoms with van der Waals surface area (Å²) in [5, 5.41) is 0. The molecule has 0 aliphatic carbocycles. The Morgan fingerprint density at radius 1 is 0.741 bits per heavy atom. The summed E-state index contributed by atoms with van der Waals surface area (Å²) in [5.74, 6) is 0. The third-order valence-electron chi connectivity index (χ3n) is 4.27. The monoisotopic (exact) mass is 603 g/mol. The normalized spacial score (nSPS) is 11.7. The van der Waals surface area contributed by atoms with E-state index in [1.54, 1.807) is 16.4 Å². The summed E-state index contributed by atoms with van der Waals surface area (Å²) < 4.78 is 30.5. The largest absolute Gasteiger partial charge is 0.243 e. The van der Waals surface area contributed by atoms with E-state index in [9.17, 15) is 8.42 Å². The fourth-order valence-electron chi connectivity index (χ4n) is 2.72. The Balaban J connectivity index is 2.02. The van der Waals surface area contributed by atoms with E-state index >= 15 is 0 Å². The average Bonchev–Trinajstić information content (AvgIpc) is 2.65. The van der Waals surface area contributed by atoms with Gasteiger partial charge in [0.2, 0.25) is 10.0 Å². The summed E-state index contributed by atoms with van der Waals surface area (Å²) in [6.45, 7) is 2.62. The summed E-state index contributed by atoms with van der Waals surface area (Å²) in [6, 6.07) is 22.8. The molecule has 0 amide bonds. The third-order valence-corrected chi connectivity index (χ3v) is 8.18. The number of benzene rings is 3. The first-order valence-corrected chi connectivity index (χ1v) is 12.0. The van der Waals surface area contributed by atoms with E-state index in [2.05, 4.69) is 45.2 Å². The number of nitrogens with zero attached hydrogens (tertiary/aromatic N) is 1. The zero-order chi connectivity index (χ0) is 19.4. The van der Waals surface area contributed by atoms with Crippen LogP contribution in [0.25, 0.3) is 0 Å². The molecule has 3 aromatic carbocycles. The van der Waals surface area contributed by atoms with Crippen LogP contribution in [0.15, 0.2) is 77.7 Å². The van der Waals surface area contributed by atoms with Gasteiger partial charge in [0.25, 0.3) is 0 Å². The Labute approximate surface area is 188 Å². The fourth-order valence-corrected chi connectivity index (χ4v) is 5.23. The molecule has 0 aliphatic rings. The SMILES string of the molecule is Cc1ccc(S(=O)(=O)N(Cc2ccccc2I)Cc2ccccc2I)cc1. The zero-order valence-corrected chi connectivity index (χ0v) is 19.9. The van der Waals surface area contributed by atoms with Crippen LogP contribution in [0.4, 0.5) is 0 Å². The van der Waals surface area contributed by atoms with E-state index in [0.29, 0.717) is 18.0 Å². The lowest BCUT2D eigenvalue weighted by Crippen LogP contribution is -2.31. The quantitative estimate of drug-likeness (QED) is 0.345. The molecular weight excluding hydrogens is 584 g/mol. The molecule has 0 radical (unpaired) electrons. The fraction of sp³-hybridized carbons (Fsp3) is 0.143. The van der Waals surface area contributed by atoms with Crippen molar-refractivity contribution in [3.8, 4) is 0 Å². The van der Waals surface area contributed by atoms with Crippen molar-refractivity contribution in [2.75, 3.05) is 0 Å². The number of sulfonamides is 1. The molecular formula is C21H19I2NO2S. The summed E-state index contributed by atoms with van der Waals surface area (Å²) in [7, 11) is -3.62. The van der Waals surface area contributed by atoms with Crippen molar-refractivity contribution in [1.82, 2.24) is 4.31 Å². The summed E-state index contributed by atoms with van der Waals surface area (Å²) in [4.78, 5) is 0.324. The summed E-state index contributed by atoms with van der Waals surface area (Å²) in [5.41, 5.74) is 3.04. The highest BCUT2D eigenvalue weighted by atomic mass is 127. The molecule has 140 valence electrons. The lowest BCUT2D eigenvalue weighted by molar-refractivity contribution is 0.399. The number of hydrogen-bond acceptors (Lipinski definition) is 2. The molecule has 3 aromatic rings. The molecule has 27 heavy (non-hydrogen) atoms. The van der Waals surface area contributed by atoms with Gasteiger partial charge in [-0.15, -0.1) is 0 Å². The minimum absolute atomic E-state index is 0.324. The molecule has 0 atom stereocenters. The first-order valence-electron chi connectivity index (χ1n) is 8.41. The first-order chi connectivity index (χ1) is 12.9. The van der Waals surface area contributed by atoms with Crippen molar-refractivity contribution in [2.45, 2.75) is 24.9 Å². The topological polar surface area (TPSA) is 37.4 Å². The van der Waals surface area contributed by atoms with Gasteiger partial charge in [-0.2, -0.15) is 4.31 Å². The van der Waals surface area contributed by atoms with Gasteiger partial charge in [-0.1, -0.05) is 54.1 Å². The summed E-state index contributed by atoms with van der Waals surface area (Å²) in [6.07, 6.45) is 0. The van der Waals surface area contributed by atoms with E-state index in [-0.39, 0.29) is 0 Å². The van der Waals surface area contributed by atoms with Crippen LogP contribution >= 0.6 is 45.2 Å². The molecule has 0 spiro atoms. The predicted octanol–water partition coefficient (Wildman–Crippen LogP) is 5.60. The maximum absolute atomic E-state index is 13.4. The van der Waals surface area contributed by atoms with Crippen molar-refractivity contribution in [3.63, 3.8) is 0 Å². The molecule has 6 heteroatoms. The number of rotatable bonds is 6. The van der Waals surface area contributed by atoms with E-state index in [1.165, 1.54) is 0 Å². The van der Waals surface area contributed by atoms with Crippen molar-refractivity contribution in [2.24, 2.45) is 0 Å². The van der Waals surface area contributed by atoms with Crippen molar-refractivity contribution < 1.29 is 8.42 Å². The van der Waals surface area contributed by atoms with Crippen LogP contribution in [-0.4, -0.2) is 12.7 Å². The smallest absolute Gasteiger partial charge is 0.207 e. The van der Waals surface area contributed by atoms with Gasteiger partial charge in [-0.25, -0.2) is 8.42 Å². The maximum atomic E-state index is 13.4. The van der Waals surface area contributed by atoms with Crippen molar-refractivity contribution in [3.05, 3.63) is 96.6 Å². The standard InChI is InChI=1S/C21H19I2NO2S/c1-16-10-12-19(13-11-16)27(25,26)24(14-17-6-2-4-8-20(17)22)15-18-7-3-5-9-21(18)23/h2-13H,14-15H2,1H3. The lowest BCUT2D eigenvalue weighted by Gasteiger charge is -2.24. The van der Waals surface area contributed by atoms with Crippen LogP contribution in [0.1, 0.15) is 16.7 Å². The Morgan fingerprint density at radius 3 is 1.63 bits per heavy atom. The third kappa shape index (κ3) is 5.10. The van der Waals surface area contributed by atoms with Gasteiger partial charge in [-0.05, 0) is 87.5 Å². The van der Waals surface area contributed by atoms with Gasteiger partial charge in [0.15, 0.2) is 0 Å². The predicted molar refractivity (Wildman–Crippen MR) is 126 cm³/mol. The van der Waals surface area contributed by atoms with Gasteiger partial charge in [-0.3, -0.25) is 0 Å². The number of aryl methyl sites for hydroxylation is 1. The second-order valence-corrected chi connectivity index (χ2v) is 10.5. The van der Waals surface area contributed by atoms with Gasteiger partial charge < -0.3 is 0 Å². The van der Waals surface area contributed by atoms with Gasteiger partial charge >= 0.3 is 0 Å². The molecule has 0 bridgehead atoms. The molecule has 0 aliphatic heterocycles. The second kappa shape index (κ2) is 9.02. The Morgan fingerprint density at radius 2 is 1.19 bits per heavy atom. The van der Waals surface area contributed by atoms with Crippen LogP contribution in [0.5, 0.6) is 0 Å². The Kier molecular flexibility index (Phi) is 6.93. The molecule has 3 rings (SSSR count). The Hall–Kier alpha value is -0.970. The second-order valence-electron chi connectivity index (χ2n) is 6.27. The molecule has 0 saturated heterocycles. The molecule has 3 nitrogen and oxygen atoms in total. The van der Waals surface area contributed by atoms with Crippen LogP contribution in [0, 0.1) is 14.1 Å². The van der Waals surface area contributed by atoms with Crippen LogP contribution in [0.2, 0.25) is 0 Å². The van der Waals surface area contributed by atoms with Crippen LogP contribution < -0.4 is 0 Å². The minimum atomic E-state index is -3.62. The highest BCUT2D eigenvalue weighted by molar-refractivity contribution is 14.1. The van der Waals surface area contributed by atoms with Crippen molar-refractivity contribution >= 4 is 55.2 Å². The maximum Gasteiger partial charge on any atom is 0.243 e. The molecule has 0 N–H and O–H groups in total. The number of hydrogen-bond donors (Lipinski definition) is 0. The van der Waals surface area contributed by atoms with Crippen LogP contribution in [0.3, 0.4) is 0 Å². The minimum Gasteiger partial charge on any atom is -0.207 e. The molecule has 0 heterocycles. The molecule has 0 saturated carbocycles. The molecule has 0 fully saturated rings. The highest BCUT2D eigenvalue weighted by Gasteiger charge is 2.26. The lowest BCUT2D eigenvalue weighted by atomic mass is 10.2. The summed E-state index contributed by atoms with van der Waals surface area (Å²) >= 11 is 4.51. The van der Waals surface area contributed by atoms with Gasteiger partial charge in [0.1, 0.15) is 0 Å². The van der Waals surface area contributed by atoms with Crippen molar-refractivity contribution in [1.29, 1.82) is 0 Å².